The van der Waals surface area contributed by atoms with Crippen molar-refractivity contribution in [3.05, 3.63) is 56.2 Å². The molecule has 0 fully saturated rings. The summed E-state index contributed by atoms with van der Waals surface area (Å²) in [6.45, 7) is 0. The fraction of sp³-hybridized carbons (Fsp3) is 0.333. The molecule has 0 aliphatic heterocycles. The van der Waals surface area contributed by atoms with Crippen molar-refractivity contribution in [1.29, 1.82) is 0 Å². The van der Waals surface area contributed by atoms with Crippen molar-refractivity contribution >= 4 is 27.3 Å². The highest BCUT2D eigenvalue weighted by atomic mass is 79.9. The number of benzene rings is 1. The van der Waals surface area contributed by atoms with Gasteiger partial charge in [-0.1, -0.05) is 24.3 Å². The number of aryl methyl sites for hydroxylation is 1. The minimum Gasteiger partial charge on any atom is -0.327 e. The lowest BCUT2D eigenvalue weighted by Crippen LogP contribution is -2.29. The highest BCUT2D eigenvalue weighted by Crippen LogP contribution is 2.36. The Bertz CT molecular complexity index is 549. The summed E-state index contributed by atoms with van der Waals surface area (Å²) in [5.41, 5.74) is 9.39. The van der Waals surface area contributed by atoms with Crippen molar-refractivity contribution in [2.24, 2.45) is 5.73 Å². The Hall–Kier alpha value is -0.640. The second kappa shape index (κ2) is 5.16. The summed E-state index contributed by atoms with van der Waals surface area (Å²) in [6.07, 6.45) is 3.37. The first-order chi connectivity index (χ1) is 8.74. The van der Waals surface area contributed by atoms with Crippen LogP contribution in [0.3, 0.4) is 0 Å². The van der Waals surface area contributed by atoms with E-state index >= 15 is 0 Å². The first kappa shape index (κ1) is 12.4. The van der Waals surface area contributed by atoms with E-state index in [4.69, 9.17) is 5.73 Å². The van der Waals surface area contributed by atoms with Crippen LogP contribution in [0.1, 0.15) is 28.3 Å². The molecule has 3 rings (SSSR count). The number of halogens is 1. The molecule has 0 bridgehead atoms. The maximum Gasteiger partial charge on any atom is 0.0285 e. The molecule has 18 heavy (non-hydrogen) atoms. The third kappa shape index (κ3) is 2.40. The molecule has 1 nitrogen and oxygen atoms in total. The molecule has 94 valence electrons. The van der Waals surface area contributed by atoms with Crippen LogP contribution in [-0.4, -0.2) is 6.04 Å². The Balaban J connectivity index is 1.76. The van der Waals surface area contributed by atoms with Gasteiger partial charge in [-0.15, -0.1) is 11.3 Å². The zero-order valence-electron chi connectivity index (χ0n) is 10.1. The molecule has 2 N–H and O–H groups in total. The first-order valence-electron chi connectivity index (χ1n) is 6.30. The third-order valence-electron chi connectivity index (χ3n) is 3.75. The Morgan fingerprint density at radius 2 is 2.22 bits per heavy atom. The van der Waals surface area contributed by atoms with Crippen molar-refractivity contribution in [2.45, 2.75) is 31.2 Å². The van der Waals surface area contributed by atoms with Crippen LogP contribution in [-0.2, 0) is 12.8 Å². The molecule has 3 heteroatoms. The molecular formula is C15H16BrNS. The van der Waals surface area contributed by atoms with E-state index in [1.54, 1.807) is 11.3 Å². The van der Waals surface area contributed by atoms with Gasteiger partial charge in [-0.25, -0.2) is 0 Å². The molecular weight excluding hydrogens is 306 g/mol. The van der Waals surface area contributed by atoms with Crippen LogP contribution in [0, 0.1) is 0 Å². The monoisotopic (exact) mass is 321 g/mol. The van der Waals surface area contributed by atoms with Gasteiger partial charge in [0.2, 0.25) is 0 Å². The van der Waals surface area contributed by atoms with Gasteiger partial charge in [-0.05, 0) is 58.3 Å². The lowest BCUT2D eigenvalue weighted by Gasteiger charge is -2.19. The zero-order chi connectivity index (χ0) is 12.5. The van der Waals surface area contributed by atoms with E-state index in [0.717, 1.165) is 6.42 Å². The van der Waals surface area contributed by atoms with E-state index in [1.807, 2.05) is 0 Å². The lowest BCUT2D eigenvalue weighted by atomic mass is 9.91. The van der Waals surface area contributed by atoms with E-state index < -0.39 is 0 Å². The van der Waals surface area contributed by atoms with Gasteiger partial charge in [-0.2, -0.15) is 0 Å². The fourth-order valence-corrected chi connectivity index (χ4v) is 4.39. The topological polar surface area (TPSA) is 26.0 Å². The van der Waals surface area contributed by atoms with Gasteiger partial charge < -0.3 is 5.73 Å². The molecule has 2 aromatic rings. The Morgan fingerprint density at radius 1 is 1.39 bits per heavy atom. The Labute approximate surface area is 120 Å². The molecule has 0 radical (unpaired) electrons. The molecule has 0 saturated carbocycles. The van der Waals surface area contributed by atoms with E-state index in [9.17, 15) is 0 Å². The van der Waals surface area contributed by atoms with Gasteiger partial charge in [0.25, 0.3) is 0 Å². The van der Waals surface area contributed by atoms with Crippen LogP contribution < -0.4 is 5.73 Å². The van der Waals surface area contributed by atoms with Crippen LogP contribution in [0.15, 0.2) is 40.2 Å². The minimum absolute atomic E-state index is 0.235. The smallest absolute Gasteiger partial charge is 0.0285 e. The van der Waals surface area contributed by atoms with Crippen molar-refractivity contribution in [3.8, 4) is 0 Å². The van der Waals surface area contributed by atoms with Crippen LogP contribution in [0.25, 0.3) is 0 Å². The molecule has 1 aliphatic rings. The largest absolute Gasteiger partial charge is 0.327 e. The van der Waals surface area contributed by atoms with Crippen molar-refractivity contribution in [3.63, 3.8) is 0 Å². The second-order valence-electron chi connectivity index (χ2n) is 4.94. The maximum absolute atomic E-state index is 6.43. The van der Waals surface area contributed by atoms with Gasteiger partial charge in [0, 0.05) is 20.8 Å². The second-order valence-corrected chi connectivity index (χ2v) is 6.85. The van der Waals surface area contributed by atoms with Gasteiger partial charge in [0.15, 0.2) is 0 Å². The summed E-state index contributed by atoms with van der Waals surface area (Å²) >= 11 is 5.29. The molecule has 2 unspecified atom stereocenters. The number of thiophene rings is 1. The number of rotatable bonds is 3. The van der Waals surface area contributed by atoms with Crippen LogP contribution in [0.4, 0.5) is 0 Å². The summed E-state index contributed by atoms with van der Waals surface area (Å²) in [7, 11) is 0. The molecule has 0 spiro atoms. The van der Waals surface area contributed by atoms with Crippen molar-refractivity contribution < 1.29 is 0 Å². The molecule has 1 aliphatic carbocycles. The van der Waals surface area contributed by atoms with E-state index in [1.165, 1.54) is 33.3 Å². The quantitative estimate of drug-likeness (QED) is 0.904. The van der Waals surface area contributed by atoms with Gasteiger partial charge >= 0.3 is 0 Å². The predicted molar refractivity (Wildman–Crippen MR) is 81.2 cm³/mol. The maximum atomic E-state index is 6.43. The molecule has 1 aromatic heterocycles. The van der Waals surface area contributed by atoms with Gasteiger partial charge in [0.1, 0.15) is 0 Å². The predicted octanol–water partition coefficient (Wildman–Crippen LogP) is 4.11. The molecule has 0 saturated heterocycles. The van der Waals surface area contributed by atoms with Crippen molar-refractivity contribution in [2.75, 3.05) is 0 Å². The van der Waals surface area contributed by atoms with Crippen molar-refractivity contribution in [1.82, 2.24) is 0 Å². The molecule has 1 aromatic carbocycles. The molecule has 0 amide bonds. The molecule has 1 heterocycles. The normalized spacial score (nSPS) is 19.8. The number of hydrogen-bond donors (Lipinski definition) is 1. The van der Waals surface area contributed by atoms with E-state index in [2.05, 4.69) is 51.6 Å². The van der Waals surface area contributed by atoms with Crippen LogP contribution >= 0.6 is 27.3 Å². The van der Waals surface area contributed by atoms with Gasteiger partial charge in [0.05, 0.1) is 0 Å². The Morgan fingerprint density at radius 3 is 3.00 bits per heavy atom. The zero-order valence-corrected chi connectivity index (χ0v) is 12.5. The number of fused-ring (bicyclic) bond motifs is 1. The average Bonchev–Trinajstić information content (AvgIpc) is 2.95. The highest BCUT2D eigenvalue weighted by Gasteiger charge is 2.27. The standard InChI is InChI=1S/C15H16BrNS/c16-11-7-12(18-9-11)8-15(17)14-6-5-10-3-1-2-4-13(10)14/h1-4,7,9,14-15H,5-6,8,17H2. The lowest BCUT2D eigenvalue weighted by molar-refractivity contribution is 0.528. The summed E-state index contributed by atoms with van der Waals surface area (Å²) in [4.78, 5) is 1.37. The summed E-state index contributed by atoms with van der Waals surface area (Å²) in [5.74, 6) is 0.530. The summed E-state index contributed by atoms with van der Waals surface area (Å²) in [5, 5.41) is 2.13. The average molecular weight is 322 g/mol. The first-order valence-corrected chi connectivity index (χ1v) is 7.97. The molecule has 2 atom stereocenters. The summed E-state index contributed by atoms with van der Waals surface area (Å²) in [6, 6.07) is 11.2. The Kier molecular flexibility index (Phi) is 3.55. The number of nitrogens with two attached hydrogens (primary N) is 1. The van der Waals surface area contributed by atoms with Crippen LogP contribution in [0.5, 0.6) is 0 Å². The SMILES string of the molecule is NC(Cc1cc(Br)cs1)C1CCc2ccccc21. The van der Waals surface area contributed by atoms with E-state index in [0.29, 0.717) is 5.92 Å². The minimum atomic E-state index is 0.235. The van der Waals surface area contributed by atoms with E-state index in [-0.39, 0.29) is 6.04 Å². The van der Waals surface area contributed by atoms with Gasteiger partial charge in [-0.3, -0.25) is 0 Å². The highest BCUT2D eigenvalue weighted by molar-refractivity contribution is 9.10. The summed E-state index contributed by atoms with van der Waals surface area (Å²) < 4.78 is 1.17. The fourth-order valence-electron chi connectivity index (χ4n) is 2.87. The van der Waals surface area contributed by atoms with Crippen LogP contribution in [0.2, 0.25) is 0 Å². The third-order valence-corrected chi connectivity index (χ3v) is 5.47. The number of hydrogen-bond acceptors (Lipinski definition) is 2.